The molecular weight excluding hydrogens is 326 g/mol. The van der Waals surface area contributed by atoms with E-state index in [1.54, 1.807) is 11.6 Å². The number of benzene rings is 1. The highest BCUT2D eigenvalue weighted by Gasteiger charge is 2.14. The van der Waals surface area contributed by atoms with Crippen molar-refractivity contribution in [3.05, 3.63) is 46.0 Å². The van der Waals surface area contributed by atoms with Crippen LogP contribution in [0.3, 0.4) is 0 Å². The van der Waals surface area contributed by atoms with E-state index in [-0.39, 0.29) is 22.7 Å². The van der Waals surface area contributed by atoms with Gasteiger partial charge in [0.05, 0.1) is 12.1 Å². The number of rotatable bonds is 4. The van der Waals surface area contributed by atoms with Crippen molar-refractivity contribution in [3.63, 3.8) is 0 Å². The van der Waals surface area contributed by atoms with Crippen LogP contribution in [0.15, 0.2) is 34.5 Å². The number of carbonyl (C=O) groups is 1. The topological polar surface area (TPSA) is 92.7 Å². The molecule has 1 aromatic carbocycles. The molecule has 24 heavy (non-hydrogen) atoms. The fourth-order valence-electron chi connectivity index (χ4n) is 2.31. The summed E-state index contributed by atoms with van der Waals surface area (Å²) in [6, 6.07) is 5.92. The summed E-state index contributed by atoms with van der Waals surface area (Å²) < 4.78 is 1.71. The number of aromatic nitrogens is 4. The second-order valence-electron chi connectivity index (χ2n) is 5.51. The van der Waals surface area contributed by atoms with Crippen LogP contribution in [0.5, 0.6) is 0 Å². The summed E-state index contributed by atoms with van der Waals surface area (Å²) in [5.74, 6) is 0.0743. The fourth-order valence-corrected chi connectivity index (χ4v) is 3.07. The van der Waals surface area contributed by atoms with E-state index in [1.165, 1.54) is 18.1 Å². The number of nitrogens with one attached hydrogen (secondary N) is 2. The average Bonchev–Trinajstić information content (AvgIpc) is 2.87. The third kappa shape index (κ3) is 3.18. The zero-order valence-corrected chi connectivity index (χ0v) is 14.4. The first-order chi connectivity index (χ1) is 11.5. The lowest BCUT2D eigenvalue weighted by molar-refractivity contribution is -0.113. The van der Waals surface area contributed by atoms with Gasteiger partial charge in [-0.2, -0.15) is 0 Å². The number of amides is 1. The van der Waals surface area contributed by atoms with Gasteiger partial charge in [-0.05, 0) is 31.0 Å². The maximum absolute atomic E-state index is 12.2. The Morgan fingerprint density at radius 3 is 2.92 bits per heavy atom. The summed E-state index contributed by atoms with van der Waals surface area (Å²) in [7, 11) is 1.77. The first-order valence-electron chi connectivity index (χ1n) is 7.35. The molecule has 0 unspecified atom stereocenters. The number of nitrogens with zero attached hydrogens (tertiary/aromatic N) is 3. The van der Waals surface area contributed by atoms with E-state index in [4.69, 9.17) is 0 Å². The van der Waals surface area contributed by atoms with E-state index >= 15 is 0 Å². The Kier molecular flexibility index (Phi) is 4.39. The Morgan fingerprint density at radius 2 is 2.17 bits per heavy atom. The quantitative estimate of drug-likeness (QED) is 0.707. The van der Waals surface area contributed by atoms with Gasteiger partial charge in [0.2, 0.25) is 5.91 Å². The molecule has 7 nitrogen and oxygen atoms in total. The zero-order valence-electron chi connectivity index (χ0n) is 13.6. The third-order valence-corrected chi connectivity index (χ3v) is 4.65. The van der Waals surface area contributed by atoms with Gasteiger partial charge in [0.1, 0.15) is 0 Å². The SMILES string of the molecule is Cc1ccc(C)c(NC(=O)CSc2nc3c(=O)[nH]cnc3n2C)c1. The summed E-state index contributed by atoms with van der Waals surface area (Å²) in [5, 5.41) is 3.48. The van der Waals surface area contributed by atoms with Crippen LogP contribution in [-0.2, 0) is 11.8 Å². The van der Waals surface area contributed by atoms with Crippen LogP contribution in [0.25, 0.3) is 11.2 Å². The number of thioether (sulfide) groups is 1. The summed E-state index contributed by atoms with van der Waals surface area (Å²) in [4.78, 5) is 34.8. The number of H-pyrrole nitrogens is 1. The van der Waals surface area contributed by atoms with Gasteiger partial charge in [0.15, 0.2) is 16.3 Å². The molecule has 0 aliphatic rings. The van der Waals surface area contributed by atoms with E-state index < -0.39 is 0 Å². The van der Waals surface area contributed by atoms with Crippen molar-refractivity contribution in [1.82, 2.24) is 19.5 Å². The highest BCUT2D eigenvalue weighted by atomic mass is 32.2. The number of hydrogen-bond acceptors (Lipinski definition) is 5. The Balaban J connectivity index is 1.73. The minimum Gasteiger partial charge on any atom is -0.325 e. The van der Waals surface area contributed by atoms with Crippen molar-refractivity contribution in [1.29, 1.82) is 0 Å². The molecule has 1 amide bonds. The second-order valence-corrected chi connectivity index (χ2v) is 6.45. The van der Waals surface area contributed by atoms with E-state index in [9.17, 15) is 9.59 Å². The largest absolute Gasteiger partial charge is 0.325 e. The molecule has 0 bridgehead atoms. The molecule has 0 aliphatic heterocycles. The zero-order chi connectivity index (χ0) is 17.3. The molecule has 0 atom stereocenters. The number of imidazole rings is 1. The van der Waals surface area contributed by atoms with Crippen LogP contribution in [0.1, 0.15) is 11.1 Å². The molecule has 3 rings (SSSR count). The van der Waals surface area contributed by atoms with Gasteiger partial charge in [0, 0.05) is 12.7 Å². The van der Waals surface area contributed by atoms with Gasteiger partial charge in [-0.25, -0.2) is 9.97 Å². The van der Waals surface area contributed by atoms with Crippen LogP contribution in [0.2, 0.25) is 0 Å². The summed E-state index contributed by atoms with van der Waals surface area (Å²) in [6.07, 6.45) is 1.34. The van der Waals surface area contributed by atoms with Crippen LogP contribution < -0.4 is 10.9 Å². The highest BCUT2D eigenvalue weighted by molar-refractivity contribution is 7.99. The Morgan fingerprint density at radius 1 is 1.38 bits per heavy atom. The molecule has 0 fully saturated rings. The van der Waals surface area contributed by atoms with Crippen molar-refractivity contribution in [2.24, 2.45) is 7.05 Å². The molecule has 0 saturated carbocycles. The molecule has 0 radical (unpaired) electrons. The normalized spacial score (nSPS) is 11.0. The van der Waals surface area contributed by atoms with Gasteiger partial charge in [-0.1, -0.05) is 23.9 Å². The molecule has 2 aromatic heterocycles. The van der Waals surface area contributed by atoms with E-state index in [0.717, 1.165) is 16.8 Å². The van der Waals surface area contributed by atoms with Crippen LogP contribution in [0.4, 0.5) is 5.69 Å². The monoisotopic (exact) mass is 343 g/mol. The first-order valence-corrected chi connectivity index (χ1v) is 8.34. The first kappa shape index (κ1) is 16.3. The van der Waals surface area contributed by atoms with Crippen LogP contribution in [0, 0.1) is 13.8 Å². The van der Waals surface area contributed by atoms with Gasteiger partial charge >= 0.3 is 0 Å². The molecular formula is C16H17N5O2S. The van der Waals surface area contributed by atoms with Crippen molar-refractivity contribution in [2.45, 2.75) is 19.0 Å². The Hall–Kier alpha value is -2.61. The lowest BCUT2D eigenvalue weighted by Gasteiger charge is -2.09. The predicted octanol–water partition coefficient (Wildman–Crippen LogP) is 2.00. The standard InChI is InChI=1S/C16H17N5O2S/c1-9-4-5-10(2)11(6-9)19-12(22)7-24-16-20-13-14(21(16)3)17-8-18-15(13)23/h4-6,8H,7H2,1-3H3,(H,19,22)(H,17,18,23). The third-order valence-electron chi connectivity index (χ3n) is 3.62. The van der Waals surface area contributed by atoms with Crippen LogP contribution >= 0.6 is 11.8 Å². The van der Waals surface area contributed by atoms with Crippen molar-refractivity contribution in [3.8, 4) is 0 Å². The van der Waals surface area contributed by atoms with Gasteiger partial charge in [-0.15, -0.1) is 0 Å². The molecule has 2 N–H and O–H groups in total. The minimum atomic E-state index is -0.290. The van der Waals surface area contributed by atoms with E-state index in [2.05, 4.69) is 20.3 Å². The molecule has 2 heterocycles. The second kappa shape index (κ2) is 6.48. The summed E-state index contributed by atoms with van der Waals surface area (Å²) in [6.45, 7) is 3.93. The lowest BCUT2D eigenvalue weighted by Crippen LogP contribution is -2.15. The lowest BCUT2D eigenvalue weighted by atomic mass is 10.1. The van der Waals surface area contributed by atoms with Crippen molar-refractivity contribution < 1.29 is 4.79 Å². The highest BCUT2D eigenvalue weighted by Crippen LogP contribution is 2.21. The van der Waals surface area contributed by atoms with E-state index in [0.29, 0.717) is 10.8 Å². The number of carbonyl (C=O) groups excluding carboxylic acids is 1. The average molecular weight is 343 g/mol. The maximum atomic E-state index is 12.2. The molecule has 8 heteroatoms. The maximum Gasteiger partial charge on any atom is 0.278 e. The molecule has 3 aromatic rings. The van der Waals surface area contributed by atoms with Gasteiger partial charge < -0.3 is 14.9 Å². The fraction of sp³-hybridized carbons (Fsp3) is 0.250. The smallest absolute Gasteiger partial charge is 0.278 e. The van der Waals surface area contributed by atoms with Gasteiger partial charge in [0.25, 0.3) is 5.56 Å². The van der Waals surface area contributed by atoms with Crippen molar-refractivity contribution in [2.75, 3.05) is 11.1 Å². The number of aryl methyl sites for hydroxylation is 3. The Labute approximate surface area is 142 Å². The Bertz CT molecular complexity index is 976. The summed E-state index contributed by atoms with van der Waals surface area (Å²) in [5.41, 5.74) is 3.39. The molecule has 124 valence electrons. The number of fused-ring (bicyclic) bond motifs is 1. The van der Waals surface area contributed by atoms with Crippen LogP contribution in [-0.4, -0.2) is 31.2 Å². The number of anilines is 1. The predicted molar refractivity (Wildman–Crippen MR) is 94.4 cm³/mol. The summed E-state index contributed by atoms with van der Waals surface area (Å²) >= 11 is 1.27. The number of aromatic amines is 1. The molecule has 0 aliphatic carbocycles. The minimum absolute atomic E-state index is 0.123. The number of hydrogen-bond donors (Lipinski definition) is 2. The van der Waals surface area contributed by atoms with Crippen molar-refractivity contribution >= 4 is 34.5 Å². The molecule has 0 saturated heterocycles. The molecule has 0 spiro atoms. The van der Waals surface area contributed by atoms with Gasteiger partial charge in [-0.3, -0.25) is 9.59 Å². The van der Waals surface area contributed by atoms with E-state index in [1.807, 2.05) is 32.0 Å².